The van der Waals surface area contributed by atoms with E-state index in [2.05, 4.69) is 34.9 Å². The fourth-order valence-electron chi connectivity index (χ4n) is 3.93. The average molecular weight is 431 g/mol. The summed E-state index contributed by atoms with van der Waals surface area (Å²) in [5.41, 5.74) is 2.36. The summed E-state index contributed by atoms with van der Waals surface area (Å²) in [6.45, 7) is 0.504. The summed E-state index contributed by atoms with van der Waals surface area (Å²) in [4.78, 5) is 38.2. The number of nitrogens with zero attached hydrogens (tertiary/aromatic N) is 1. The number of carbonyl (C=O) groups is 3. The van der Waals surface area contributed by atoms with Gasteiger partial charge in [-0.05, 0) is 29.7 Å². The molecule has 32 heavy (non-hydrogen) atoms. The zero-order valence-electron chi connectivity index (χ0n) is 17.6. The number of furan rings is 1. The summed E-state index contributed by atoms with van der Waals surface area (Å²) >= 11 is 0. The Labute approximate surface area is 186 Å². The number of hydrogen-bond acceptors (Lipinski definition) is 4. The number of hydrogen-bond donors (Lipinski definition) is 2. The molecule has 1 aromatic heterocycles. The SMILES string of the molecule is O=C(CC1NC(=O)N(Cc2ccco2)C1=O)NCCC(c1ccccc1)c1ccccc1. The predicted octanol–water partition coefficient (Wildman–Crippen LogP) is 3.43. The molecule has 7 nitrogen and oxygen atoms in total. The number of urea groups is 1. The Morgan fingerprint density at radius 3 is 2.22 bits per heavy atom. The van der Waals surface area contributed by atoms with Crippen LogP contribution in [-0.2, 0) is 16.1 Å². The van der Waals surface area contributed by atoms with Crippen molar-refractivity contribution in [3.63, 3.8) is 0 Å². The number of benzene rings is 2. The second-order valence-electron chi connectivity index (χ2n) is 7.72. The van der Waals surface area contributed by atoms with Crippen LogP contribution in [0.1, 0.15) is 35.6 Å². The third kappa shape index (κ3) is 5.06. The number of carbonyl (C=O) groups excluding carboxylic acids is 3. The van der Waals surface area contributed by atoms with E-state index in [4.69, 9.17) is 4.42 Å². The van der Waals surface area contributed by atoms with Crippen molar-refractivity contribution < 1.29 is 18.8 Å². The number of amides is 4. The topological polar surface area (TPSA) is 91.7 Å². The van der Waals surface area contributed by atoms with E-state index < -0.39 is 18.0 Å². The van der Waals surface area contributed by atoms with Crippen LogP contribution in [0.3, 0.4) is 0 Å². The first-order chi connectivity index (χ1) is 15.6. The zero-order valence-corrected chi connectivity index (χ0v) is 17.6. The van der Waals surface area contributed by atoms with Gasteiger partial charge in [0.25, 0.3) is 5.91 Å². The van der Waals surface area contributed by atoms with Crippen LogP contribution >= 0.6 is 0 Å². The van der Waals surface area contributed by atoms with Crippen molar-refractivity contribution in [3.05, 3.63) is 95.9 Å². The molecular formula is C25H25N3O4. The van der Waals surface area contributed by atoms with E-state index >= 15 is 0 Å². The largest absolute Gasteiger partial charge is 0.467 e. The monoisotopic (exact) mass is 431 g/mol. The highest BCUT2D eigenvalue weighted by atomic mass is 16.3. The van der Waals surface area contributed by atoms with Gasteiger partial charge in [-0.1, -0.05) is 60.7 Å². The van der Waals surface area contributed by atoms with Crippen LogP contribution in [0.5, 0.6) is 0 Å². The van der Waals surface area contributed by atoms with Gasteiger partial charge in [0.1, 0.15) is 11.8 Å². The van der Waals surface area contributed by atoms with E-state index in [0.29, 0.717) is 12.3 Å². The Morgan fingerprint density at radius 2 is 1.62 bits per heavy atom. The molecule has 1 saturated heterocycles. The van der Waals surface area contributed by atoms with Crippen molar-refractivity contribution in [2.24, 2.45) is 0 Å². The summed E-state index contributed by atoms with van der Waals surface area (Å²) in [7, 11) is 0. The average Bonchev–Trinajstić information content (AvgIpc) is 3.42. The minimum Gasteiger partial charge on any atom is -0.467 e. The number of imide groups is 1. The molecule has 0 spiro atoms. The summed E-state index contributed by atoms with van der Waals surface area (Å²) in [5.74, 6) is -0.0443. The number of rotatable bonds is 9. The minimum absolute atomic E-state index is 0.0472. The second-order valence-corrected chi connectivity index (χ2v) is 7.72. The normalized spacial score (nSPS) is 15.8. The first kappa shape index (κ1) is 21.4. The zero-order chi connectivity index (χ0) is 22.3. The molecule has 164 valence electrons. The Balaban J connectivity index is 1.31. The maximum absolute atomic E-state index is 12.6. The van der Waals surface area contributed by atoms with Crippen molar-refractivity contribution >= 4 is 17.8 Å². The molecule has 0 aliphatic carbocycles. The smallest absolute Gasteiger partial charge is 0.325 e. The fourth-order valence-corrected chi connectivity index (χ4v) is 3.93. The Kier molecular flexibility index (Phi) is 6.65. The van der Waals surface area contributed by atoms with Gasteiger partial charge < -0.3 is 15.1 Å². The molecule has 4 amide bonds. The van der Waals surface area contributed by atoms with Gasteiger partial charge >= 0.3 is 6.03 Å². The Bertz CT molecular complexity index is 1010. The van der Waals surface area contributed by atoms with Gasteiger partial charge in [0.2, 0.25) is 5.91 Å². The van der Waals surface area contributed by atoms with E-state index in [1.807, 2.05) is 36.4 Å². The molecule has 2 heterocycles. The third-order valence-corrected chi connectivity index (χ3v) is 5.55. The van der Waals surface area contributed by atoms with Crippen LogP contribution in [0.4, 0.5) is 4.79 Å². The second kappa shape index (κ2) is 9.96. The summed E-state index contributed by atoms with van der Waals surface area (Å²) in [5, 5.41) is 5.48. The fraction of sp³-hybridized carbons (Fsp3) is 0.240. The molecule has 0 bridgehead atoms. The van der Waals surface area contributed by atoms with Crippen LogP contribution in [0.15, 0.2) is 83.5 Å². The molecule has 1 aliphatic heterocycles. The van der Waals surface area contributed by atoms with Crippen molar-refractivity contribution in [2.75, 3.05) is 6.54 Å². The molecule has 1 unspecified atom stereocenters. The van der Waals surface area contributed by atoms with E-state index in [1.165, 1.54) is 17.4 Å². The lowest BCUT2D eigenvalue weighted by Crippen LogP contribution is -2.37. The van der Waals surface area contributed by atoms with Gasteiger partial charge in [0, 0.05) is 12.5 Å². The van der Waals surface area contributed by atoms with Gasteiger partial charge in [-0.25, -0.2) is 4.79 Å². The number of nitrogens with one attached hydrogen (secondary N) is 2. The van der Waals surface area contributed by atoms with Gasteiger partial charge in [-0.3, -0.25) is 14.5 Å². The molecule has 2 aromatic carbocycles. The van der Waals surface area contributed by atoms with E-state index in [1.54, 1.807) is 12.1 Å². The van der Waals surface area contributed by atoms with Gasteiger partial charge in [0.05, 0.1) is 19.2 Å². The Hall–Kier alpha value is -3.87. The third-order valence-electron chi connectivity index (χ3n) is 5.55. The summed E-state index contributed by atoms with van der Waals surface area (Å²) in [6.07, 6.45) is 2.10. The quantitative estimate of drug-likeness (QED) is 0.508. The Morgan fingerprint density at radius 1 is 0.969 bits per heavy atom. The van der Waals surface area contributed by atoms with Gasteiger partial charge in [0.15, 0.2) is 0 Å². The lowest BCUT2D eigenvalue weighted by Gasteiger charge is -2.18. The standard InChI is InChI=1S/C25H25N3O4/c29-23(16-22-24(30)28(25(31)27-22)17-20-12-7-15-32-20)26-14-13-21(18-8-3-1-4-9-18)19-10-5-2-6-11-19/h1-12,15,21-22H,13-14,16-17H2,(H,26,29)(H,27,31). The molecule has 1 aliphatic rings. The molecule has 0 saturated carbocycles. The first-order valence-corrected chi connectivity index (χ1v) is 10.6. The maximum Gasteiger partial charge on any atom is 0.325 e. The van der Waals surface area contributed by atoms with Gasteiger partial charge in [-0.15, -0.1) is 0 Å². The molecule has 4 rings (SSSR count). The highest BCUT2D eigenvalue weighted by Gasteiger charge is 2.39. The van der Waals surface area contributed by atoms with Crippen molar-refractivity contribution in [2.45, 2.75) is 31.3 Å². The molecular weight excluding hydrogens is 406 g/mol. The molecule has 2 N–H and O–H groups in total. The predicted molar refractivity (Wildman–Crippen MR) is 119 cm³/mol. The lowest BCUT2D eigenvalue weighted by atomic mass is 9.88. The van der Waals surface area contributed by atoms with Crippen LogP contribution in [0.2, 0.25) is 0 Å². The summed E-state index contributed by atoms with van der Waals surface area (Å²) < 4.78 is 5.20. The van der Waals surface area contributed by atoms with E-state index in [-0.39, 0.29) is 24.8 Å². The molecule has 1 atom stereocenters. The lowest BCUT2D eigenvalue weighted by molar-refractivity contribution is -0.131. The van der Waals surface area contributed by atoms with Gasteiger partial charge in [-0.2, -0.15) is 0 Å². The van der Waals surface area contributed by atoms with Crippen molar-refractivity contribution in [1.82, 2.24) is 15.5 Å². The molecule has 3 aromatic rings. The molecule has 0 radical (unpaired) electrons. The van der Waals surface area contributed by atoms with Crippen LogP contribution < -0.4 is 10.6 Å². The molecule has 7 heteroatoms. The van der Waals surface area contributed by atoms with Crippen LogP contribution in [-0.4, -0.2) is 35.3 Å². The van der Waals surface area contributed by atoms with Crippen LogP contribution in [0, 0.1) is 0 Å². The van der Waals surface area contributed by atoms with E-state index in [0.717, 1.165) is 11.3 Å². The molecule has 1 fully saturated rings. The maximum atomic E-state index is 12.6. The van der Waals surface area contributed by atoms with Crippen molar-refractivity contribution in [3.8, 4) is 0 Å². The highest BCUT2D eigenvalue weighted by molar-refractivity contribution is 6.05. The minimum atomic E-state index is -0.864. The van der Waals surface area contributed by atoms with Crippen LogP contribution in [0.25, 0.3) is 0 Å². The van der Waals surface area contributed by atoms with E-state index in [9.17, 15) is 14.4 Å². The van der Waals surface area contributed by atoms with Crippen molar-refractivity contribution in [1.29, 1.82) is 0 Å². The summed E-state index contributed by atoms with van der Waals surface area (Å²) in [6, 6.07) is 22.3. The highest BCUT2D eigenvalue weighted by Crippen LogP contribution is 2.27. The first-order valence-electron chi connectivity index (χ1n) is 10.6.